The molecule has 0 aliphatic heterocycles. The number of nitrogens with two attached hydrogens (primary N) is 1. The Kier molecular flexibility index (Phi) is 12.8. The molecule has 11 heteroatoms. The number of fused-ring (bicyclic) bond motifs is 6. The molecule has 0 radical (unpaired) electrons. The number of nitrogen functional groups attached to an aromatic ring is 1. The average Bonchev–Trinajstić information content (AvgIpc) is 3.62. The summed E-state index contributed by atoms with van der Waals surface area (Å²) in [5.74, 6) is -0.915. The Morgan fingerprint density at radius 2 is 1.16 bits per heavy atom. The van der Waals surface area contributed by atoms with E-state index in [2.05, 4.69) is 25.3 Å². The second-order valence-electron chi connectivity index (χ2n) is 11.2. The number of carbonyl (C=O) groups is 2. The Bertz CT molecular complexity index is 2440. The van der Waals surface area contributed by atoms with Crippen molar-refractivity contribution in [2.24, 2.45) is 0 Å². The number of hydrogen-bond acceptors (Lipinski definition) is 5. The van der Waals surface area contributed by atoms with Gasteiger partial charge in [0.15, 0.2) is 0 Å². The van der Waals surface area contributed by atoms with Crippen LogP contribution in [0.5, 0.6) is 0 Å². The van der Waals surface area contributed by atoms with Crippen LogP contribution < -0.4 is 11.1 Å². The highest BCUT2D eigenvalue weighted by molar-refractivity contribution is 6.31. The van der Waals surface area contributed by atoms with Crippen molar-refractivity contribution < 1.29 is 14.7 Å². The molecule has 4 aromatic heterocycles. The zero-order chi connectivity index (χ0) is 34.3. The highest BCUT2D eigenvalue weighted by Crippen LogP contribution is 2.27. The van der Waals surface area contributed by atoms with Crippen molar-refractivity contribution in [3.05, 3.63) is 143 Å². The molecule has 0 aliphatic rings. The number of amides is 1. The molecule has 0 saturated carbocycles. The van der Waals surface area contributed by atoms with Gasteiger partial charge in [-0.15, -0.1) is 0 Å². The highest BCUT2D eigenvalue weighted by Gasteiger charge is 2.08. The van der Waals surface area contributed by atoms with Gasteiger partial charge in [0.1, 0.15) is 0 Å². The first kappa shape index (κ1) is 37.9. The summed E-state index contributed by atoms with van der Waals surface area (Å²) in [5.41, 5.74) is 12.9. The van der Waals surface area contributed by atoms with Gasteiger partial charge in [0.05, 0.1) is 36.3 Å². The fraction of sp³-hybridized carbons (Fsp3) is 0.100. The zero-order valence-corrected chi connectivity index (χ0v) is 27.5. The number of nitrogens with zero attached hydrogens (tertiary/aromatic N) is 2. The molecule has 9 nitrogen and oxygen atoms in total. The Morgan fingerprint density at radius 1 is 0.647 bits per heavy atom. The average molecular weight is 722 g/mol. The molecule has 6 N–H and O–H groups in total. The van der Waals surface area contributed by atoms with Crippen LogP contribution in [0.25, 0.3) is 43.6 Å². The number of carboxylic acid groups (broad SMARTS) is 1. The second kappa shape index (κ2) is 17.2. The van der Waals surface area contributed by atoms with E-state index in [0.29, 0.717) is 10.0 Å². The fourth-order valence-electron chi connectivity index (χ4n) is 5.47. The van der Waals surface area contributed by atoms with Gasteiger partial charge in [-0.2, -0.15) is 0 Å². The van der Waals surface area contributed by atoms with Gasteiger partial charge in [0.2, 0.25) is 5.91 Å². The third-order valence-electron chi connectivity index (χ3n) is 7.61. The first-order chi connectivity index (χ1) is 23.7. The minimum atomic E-state index is -0.840. The summed E-state index contributed by atoms with van der Waals surface area (Å²) in [6.07, 6.45) is 7.51. The molecule has 8 aromatic rings. The van der Waals surface area contributed by atoms with Crippen LogP contribution in [0, 0.1) is 0 Å². The van der Waals surface area contributed by atoms with Crippen molar-refractivity contribution in [3.8, 4) is 0 Å². The molecule has 0 aliphatic carbocycles. The lowest BCUT2D eigenvalue weighted by Crippen LogP contribution is -2.14. The van der Waals surface area contributed by atoms with Gasteiger partial charge in [-0.1, -0.05) is 74.5 Å². The summed E-state index contributed by atoms with van der Waals surface area (Å²) >= 11 is 11.6. The van der Waals surface area contributed by atoms with Gasteiger partial charge in [-0.25, -0.2) is 0 Å². The van der Waals surface area contributed by atoms with Crippen LogP contribution in [0.1, 0.15) is 26.0 Å². The van der Waals surface area contributed by atoms with E-state index in [1.165, 1.54) is 10.8 Å². The molecule has 0 spiro atoms. The second-order valence-corrected chi connectivity index (χ2v) is 12.1. The van der Waals surface area contributed by atoms with Gasteiger partial charge < -0.3 is 26.1 Å². The number of aromatic amines is 2. The Labute approximate surface area is 305 Å². The number of aliphatic carboxylic acids is 1. The van der Waals surface area contributed by atoms with E-state index in [1.807, 2.05) is 66.9 Å². The number of H-pyrrole nitrogens is 2. The van der Waals surface area contributed by atoms with E-state index in [9.17, 15) is 9.59 Å². The first-order valence-corrected chi connectivity index (χ1v) is 15.9. The quantitative estimate of drug-likeness (QED) is 0.112. The highest BCUT2D eigenvalue weighted by atomic mass is 35.5. The molecule has 260 valence electrons. The van der Waals surface area contributed by atoms with E-state index in [1.54, 1.807) is 55.0 Å². The monoisotopic (exact) mass is 720 g/mol. The topological polar surface area (TPSA) is 150 Å². The smallest absolute Gasteiger partial charge is 0.307 e. The standard InChI is InChI=1S/C19H14ClN3O.C11H9N3.C8H7ClO2.2CH4/c20-13-3-1-2-12(8-13)9-19(24)22-14-4-5-15-16-6-7-21-11-18(16)23-17(15)10-14;12-7-1-2-8-9-3-4-13-6-11(9)14-10(8)5-7;9-7-3-1-2-6(4-7)5-8(10)11;;/h1-8,10-11,23H,9H2,(H,22,24);1-6,14H,12H2;1-4H,5H2,(H,10,11);2*1H4. The summed E-state index contributed by atoms with van der Waals surface area (Å²) in [4.78, 5) is 37.2. The molecule has 0 bridgehead atoms. The van der Waals surface area contributed by atoms with Gasteiger partial charge in [-0.05, 0) is 71.8 Å². The molecule has 4 aromatic carbocycles. The van der Waals surface area contributed by atoms with E-state index in [4.69, 9.17) is 34.0 Å². The predicted octanol–water partition coefficient (Wildman–Crippen LogP) is 10.1. The maximum absolute atomic E-state index is 12.2. The normalized spacial score (nSPS) is 10.3. The number of carboxylic acids is 1. The number of pyridine rings is 2. The van der Waals surface area contributed by atoms with E-state index >= 15 is 0 Å². The number of rotatable bonds is 5. The van der Waals surface area contributed by atoms with Crippen molar-refractivity contribution in [1.82, 2.24) is 19.9 Å². The Balaban J connectivity index is 0.000000184. The van der Waals surface area contributed by atoms with E-state index in [0.717, 1.165) is 55.3 Å². The van der Waals surface area contributed by atoms with Crippen molar-refractivity contribution in [2.75, 3.05) is 11.1 Å². The Morgan fingerprint density at radius 3 is 1.71 bits per heavy atom. The third kappa shape index (κ3) is 9.63. The van der Waals surface area contributed by atoms with E-state index in [-0.39, 0.29) is 33.6 Å². The van der Waals surface area contributed by atoms with Crippen LogP contribution in [0.15, 0.2) is 122 Å². The number of halogens is 2. The first-order valence-electron chi connectivity index (χ1n) is 15.2. The summed E-state index contributed by atoms with van der Waals surface area (Å²) in [6, 6.07) is 29.9. The largest absolute Gasteiger partial charge is 0.481 e. The molecule has 0 saturated heterocycles. The minimum absolute atomic E-state index is 0. The lowest BCUT2D eigenvalue weighted by Gasteiger charge is -2.06. The number of hydrogen-bond donors (Lipinski definition) is 5. The van der Waals surface area contributed by atoms with Crippen molar-refractivity contribution >= 4 is 90.1 Å². The Hall–Kier alpha value is -5.90. The van der Waals surface area contributed by atoms with Crippen molar-refractivity contribution in [3.63, 3.8) is 0 Å². The molecule has 8 rings (SSSR count). The molecule has 0 unspecified atom stereocenters. The van der Waals surface area contributed by atoms with Gasteiger partial charge in [-0.3, -0.25) is 19.6 Å². The molecular formula is C40H38Cl2N6O3. The summed E-state index contributed by atoms with van der Waals surface area (Å²) in [7, 11) is 0. The van der Waals surface area contributed by atoms with Crippen LogP contribution in [0.3, 0.4) is 0 Å². The lowest BCUT2D eigenvalue weighted by molar-refractivity contribution is -0.136. The third-order valence-corrected chi connectivity index (χ3v) is 8.08. The fourth-order valence-corrected chi connectivity index (χ4v) is 5.89. The lowest BCUT2D eigenvalue weighted by atomic mass is 10.1. The van der Waals surface area contributed by atoms with Crippen LogP contribution in [-0.4, -0.2) is 36.9 Å². The summed E-state index contributed by atoms with van der Waals surface area (Å²) in [5, 5.41) is 17.2. The summed E-state index contributed by atoms with van der Waals surface area (Å²) < 4.78 is 0. The van der Waals surface area contributed by atoms with Gasteiger partial charge >= 0.3 is 5.97 Å². The summed E-state index contributed by atoms with van der Waals surface area (Å²) in [6.45, 7) is 0. The maximum atomic E-state index is 12.2. The van der Waals surface area contributed by atoms with Crippen molar-refractivity contribution in [2.45, 2.75) is 27.7 Å². The van der Waals surface area contributed by atoms with Crippen LogP contribution in [0.2, 0.25) is 10.0 Å². The number of nitrogens with one attached hydrogen (secondary N) is 3. The molecule has 0 fully saturated rings. The SMILES string of the molecule is C.C.Nc1ccc2c(c1)[nH]c1cnccc12.O=C(Cc1cccc(Cl)c1)Nc1ccc2c(c1)[nH]c1cnccc12.O=C(O)Cc1cccc(Cl)c1. The minimum Gasteiger partial charge on any atom is -0.481 e. The number of anilines is 2. The van der Waals surface area contributed by atoms with Crippen LogP contribution in [0.4, 0.5) is 11.4 Å². The molecular weight excluding hydrogens is 683 g/mol. The predicted molar refractivity (Wildman–Crippen MR) is 212 cm³/mol. The maximum Gasteiger partial charge on any atom is 0.307 e. The molecule has 4 heterocycles. The number of carbonyl (C=O) groups excluding carboxylic acids is 1. The number of aromatic nitrogens is 4. The molecule has 0 atom stereocenters. The van der Waals surface area contributed by atoms with E-state index < -0.39 is 5.97 Å². The van der Waals surface area contributed by atoms with Crippen LogP contribution >= 0.6 is 23.2 Å². The van der Waals surface area contributed by atoms with Crippen LogP contribution in [-0.2, 0) is 22.4 Å². The zero-order valence-electron chi connectivity index (χ0n) is 26.0. The van der Waals surface area contributed by atoms with Gasteiger partial charge in [0, 0.05) is 66.4 Å². The molecule has 1 amide bonds. The van der Waals surface area contributed by atoms with Crippen molar-refractivity contribution in [1.29, 1.82) is 0 Å². The molecule has 51 heavy (non-hydrogen) atoms. The van der Waals surface area contributed by atoms with Gasteiger partial charge in [0.25, 0.3) is 0 Å². The number of benzene rings is 4.